The van der Waals surface area contributed by atoms with Crippen molar-refractivity contribution >= 4 is 22.6 Å². The number of carbonyl (C=O) groups is 2. The van der Waals surface area contributed by atoms with Crippen molar-refractivity contribution in [2.45, 2.75) is 32.2 Å². The van der Waals surface area contributed by atoms with E-state index in [0.29, 0.717) is 19.3 Å². The minimum absolute atomic E-state index is 0.145. The number of primary amides is 1. The van der Waals surface area contributed by atoms with Gasteiger partial charge in [0, 0.05) is 6.42 Å². The highest BCUT2D eigenvalue weighted by Crippen LogP contribution is 2.19. The minimum Gasteiger partial charge on any atom is -0.368 e. The molecule has 110 valence electrons. The monoisotopic (exact) mass is 284 g/mol. The van der Waals surface area contributed by atoms with Gasteiger partial charge in [0.15, 0.2) is 0 Å². The van der Waals surface area contributed by atoms with Crippen molar-refractivity contribution in [3.05, 3.63) is 48.0 Å². The summed E-state index contributed by atoms with van der Waals surface area (Å²) in [6, 6.07) is 13.6. The van der Waals surface area contributed by atoms with E-state index < -0.39 is 11.9 Å². The third-order valence-electron chi connectivity index (χ3n) is 3.59. The molecule has 0 aliphatic carbocycles. The topological polar surface area (TPSA) is 72.2 Å². The Morgan fingerprint density at radius 1 is 1.14 bits per heavy atom. The Morgan fingerprint density at radius 3 is 2.57 bits per heavy atom. The van der Waals surface area contributed by atoms with E-state index in [1.807, 2.05) is 31.2 Å². The zero-order chi connectivity index (χ0) is 15.2. The Morgan fingerprint density at radius 2 is 1.86 bits per heavy atom. The summed E-state index contributed by atoms with van der Waals surface area (Å²) in [6.45, 7) is 1.82. The zero-order valence-electron chi connectivity index (χ0n) is 12.1. The summed E-state index contributed by atoms with van der Waals surface area (Å²) in [5, 5.41) is 5.00. The summed E-state index contributed by atoms with van der Waals surface area (Å²) in [4.78, 5) is 23.0. The van der Waals surface area contributed by atoms with Crippen molar-refractivity contribution in [1.82, 2.24) is 5.32 Å². The van der Waals surface area contributed by atoms with Crippen LogP contribution in [0.4, 0.5) is 0 Å². The molecule has 1 atom stereocenters. The summed E-state index contributed by atoms with van der Waals surface area (Å²) >= 11 is 0. The third kappa shape index (κ3) is 3.81. The van der Waals surface area contributed by atoms with Crippen molar-refractivity contribution < 1.29 is 9.59 Å². The minimum atomic E-state index is -0.579. The molecule has 4 heteroatoms. The van der Waals surface area contributed by atoms with Gasteiger partial charge < -0.3 is 11.1 Å². The molecule has 2 aromatic carbocycles. The fraction of sp³-hybridized carbons (Fsp3) is 0.294. The van der Waals surface area contributed by atoms with Gasteiger partial charge in [-0.15, -0.1) is 0 Å². The largest absolute Gasteiger partial charge is 0.368 e. The van der Waals surface area contributed by atoms with Crippen LogP contribution in [0.1, 0.15) is 25.3 Å². The van der Waals surface area contributed by atoms with E-state index in [0.717, 1.165) is 10.9 Å². The molecule has 0 heterocycles. The van der Waals surface area contributed by atoms with Crippen LogP contribution in [0.5, 0.6) is 0 Å². The normalized spacial score (nSPS) is 12.0. The molecule has 2 aromatic rings. The molecule has 2 rings (SSSR count). The van der Waals surface area contributed by atoms with Crippen molar-refractivity contribution in [3.8, 4) is 0 Å². The molecule has 0 unspecified atom stereocenters. The lowest BCUT2D eigenvalue weighted by Crippen LogP contribution is -2.44. The van der Waals surface area contributed by atoms with Gasteiger partial charge in [0.1, 0.15) is 6.04 Å². The molecule has 21 heavy (non-hydrogen) atoms. The lowest BCUT2D eigenvalue weighted by molar-refractivity contribution is -0.127. The Bertz CT molecular complexity index is 647. The van der Waals surface area contributed by atoms with Gasteiger partial charge in [0.05, 0.1) is 0 Å². The summed E-state index contributed by atoms with van der Waals surface area (Å²) < 4.78 is 0. The van der Waals surface area contributed by atoms with E-state index in [1.54, 1.807) is 0 Å². The van der Waals surface area contributed by atoms with E-state index in [4.69, 9.17) is 5.73 Å². The molecule has 0 radical (unpaired) electrons. The van der Waals surface area contributed by atoms with Crippen LogP contribution in [0, 0.1) is 0 Å². The Kier molecular flexibility index (Phi) is 4.93. The van der Waals surface area contributed by atoms with Crippen molar-refractivity contribution in [3.63, 3.8) is 0 Å². The SMILES string of the molecule is CC[C@H](NC(=O)CCc1cccc2ccccc12)C(N)=O. The first-order valence-electron chi connectivity index (χ1n) is 7.17. The van der Waals surface area contributed by atoms with Crippen LogP contribution in [-0.2, 0) is 16.0 Å². The van der Waals surface area contributed by atoms with Crippen LogP contribution in [0.15, 0.2) is 42.5 Å². The van der Waals surface area contributed by atoms with Crippen molar-refractivity contribution in [2.75, 3.05) is 0 Å². The molecule has 3 N–H and O–H groups in total. The van der Waals surface area contributed by atoms with Crippen molar-refractivity contribution in [2.24, 2.45) is 5.73 Å². The maximum atomic E-state index is 11.9. The summed E-state index contributed by atoms with van der Waals surface area (Å²) in [6.07, 6.45) is 1.50. The van der Waals surface area contributed by atoms with Crippen LogP contribution in [0.25, 0.3) is 10.8 Å². The average Bonchev–Trinajstić information content (AvgIpc) is 2.50. The van der Waals surface area contributed by atoms with E-state index in [1.165, 1.54) is 5.39 Å². The number of nitrogens with two attached hydrogens (primary N) is 1. The highest BCUT2D eigenvalue weighted by atomic mass is 16.2. The quantitative estimate of drug-likeness (QED) is 0.853. The zero-order valence-corrected chi connectivity index (χ0v) is 12.1. The average molecular weight is 284 g/mol. The highest BCUT2D eigenvalue weighted by Gasteiger charge is 2.15. The summed E-state index contributed by atoms with van der Waals surface area (Å²) in [5.41, 5.74) is 6.36. The second-order valence-corrected chi connectivity index (χ2v) is 5.07. The van der Waals surface area contributed by atoms with Crippen LogP contribution >= 0.6 is 0 Å². The number of rotatable bonds is 6. The Hall–Kier alpha value is -2.36. The predicted molar refractivity (Wildman–Crippen MR) is 83.7 cm³/mol. The number of carbonyl (C=O) groups excluding carboxylic acids is 2. The number of fused-ring (bicyclic) bond motifs is 1. The number of hydrogen-bond donors (Lipinski definition) is 2. The fourth-order valence-corrected chi connectivity index (χ4v) is 2.40. The molecule has 0 saturated heterocycles. The van der Waals surface area contributed by atoms with E-state index >= 15 is 0 Å². The second-order valence-electron chi connectivity index (χ2n) is 5.07. The van der Waals surface area contributed by atoms with E-state index in [9.17, 15) is 9.59 Å². The second kappa shape index (κ2) is 6.88. The van der Waals surface area contributed by atoms with Gasteiger partial charge >= 0.3 is 0 Å². The van der Waals surface area contributed by atoms with Crippen LogP contribution in [-0.4, -0.2) is 17.9 Å². The Labute approximate surface area is 124 Å². The molecule has 4 nitrogen and oxygen atoms in total. The Balaban J connectivity index is 2.02. The van der Waals surface area contributed by atoms with E-state index in [2.05, 4.69) is 23.5 Å². The standard InChI is InChI=1S/C17H20N2O2/c1-2-15(17(18)21)19-16(20)11-10-13-8-5-7-12-6-3-4-9-14(12)13/h3-9,15H,2,10-11H2,1H3,(H2,18,21)(H,19,20)/t15-/m0/s1. The fourth-order valence-electron chi connectivity index (χ4n) is 2.40. The smallest absolute Gasteiger partial charge is 0.239 e. The number of aryl methyl sites for hydroxylation is 1. The van der Waals surface area contributed by atoms with Crippen LogP contribution in [0.2, 0.25) is 0 Å². The number of nitrogens with one attached hydrogen (secondary N) is 1. The maximum Gasteiger partial charge on any atom is 0.239 e. The summed E-state index contributed by atoms with van der Waals surface area (Å²) in [7, 11) is 0. The van der Waals surface area contributed by atoms with Gasteiger partial charge in [0.2, 0.25) is 11.8 Å². The molecule has 0 aliphatic heterocycles. The van der Waals surface area contributed by atoms with Gasteiger partial charge in [0.25, 0.3) is 0 Å². The van der Waals surface area contributed by atoms with E-state index in [-0.39, 0.29) is 5.91 Å². The van der Waals surface area contributed by atoms with Crippen LogP contribution in [0.3, 0.4) is 0 Å². The summed E-state index contributed by atoms with van der Waals surface area (Å²) in [5.74, 6) is -0.635. The van der Waals surface area contributed by atoms with Gasteiger partial charge in [-0.25, -0.2) is 0 Å². The first-order chi connectivity index (χ1) is 10.1. The lowest BCUT2D eigenvalue weighted by Gasteiger charge is -2.13. The molecule has 0 aliphatic rings. The molecule has 0 saturated carbocycles. The first-order valence-corrected chi connectivity index (χ1v) is 7.17. The van der Waals surface area contributed by atoms with Gasteiger partial charge in [-0.2, -0.15) is 0 Å². The lowest BCUT2D eigenvalue weighted by atomic mass is 10.0. The van der Waals surface area contributed by atoms with Gasteiger partial charge in [-0.3, -0.25) is 9.59 Å². The van der Waals surface area contributed by atoms with Gasteiger partial charge in [-0.1, -0.05) is 49.4 Å². The third-order valence-corrected chi connectivity index (χ3v) is 3.59. The molecule has 0 aromatic heterocycles. The number of hydrogen-bond acceptors (Lipinski definition) is 2. The molecule has 0 spiro atoms. The predicted octanol–water partition coefficient (Wildman–Crippen LogP) is 2.15. The molecule has 0 fully saturated rings. The molecule has 2 amide bonds. The van der Waals surface area contributed by atoms with Crippen molar-refractivity contribution in [1.29, 1.82) is 0 Å². The number of benzene rings is 2. The highest BCUT2D eigenvalue weighted by molar-refractivity contribution is 5.88. The maximum absolute atomic E-state index is 11.9. The number of amides is 2. The van der Waals surface area contributed by atoms with Crippen LogP contribution < -0.4 is 11.1 Å². The van der Waals surface area contributed by atoms with Gasteiger partial charge in [-0.05, 0) is 29.2 Å². The molecular weight excluding hydrogens is 264 g/mol. The molecular formula is C17H20N2O2. The molecule has 0 bridgehead atoms. The first kappa shape index (κ1) is 15.0.